The molecule has 100 valence electrons. The Morgan fingerprint density at radius 3 is 2.53 bits per heavy atom. The van der Waals surface area contributed by atoms with E-state index in [4.69, 9.17) is 5.11 Å². The molecule has 0 saturated heterocycles. The molecule has 1 N–H and O–H groups in total. The summed E-state index contributed by atoms with van der Waals surface area (Å²) in [6, 6.07) is 2.80. The highest BCUT2D eigenvalue weighted by molar-refractivity contribution is 7.15. The van der Waals surface area contributed by atoms with Crippen molar-refractivity contribution in [1.82, 2.24) is 4.98 Å². The number of hydrogen-bond donors (Lipinski definition) is 1. The van der Waals surface area contributed by atoms with E-state index in [-0.39, 0.29) is 27.3 Å². The van der Waals surface area contributed by atoms with E-state index < -0.39 is 23.0 Å². The number of hydrogen-bond acceptors (Lipinski definition) is 3. The van der Waals surface area contributed by atoms with Gasteiger partial charge in [-0.1, -0.05) is 0 Å². The largest absolute Gasteiger partial charge is 0.478 e. The minimum atomic E-state index is -4.61. The van der Waals surface area contributed by atoms with Gasteiger partial charge in [0.15, 0.2) is 5.01 Å². The molecule has 0 radical (unpaired) electrons. The van der Waals surface area contributed by atoms with E-state index in [2.05, 4.69) is 4.98 Å². The third-order valence-corrected chi connectivity index (χ3v) is 3.30. The van der Waals surface area contributed by atoms with E-state index >= 15 is 0 Å². The standard InChI is InChI=1S/C11H5F4NO2S/c12-5-1-2-6(9(17)18)7(3-5)8-4-16-10(19-8)11(13,14)15/h1-4H,(H,17,18). The molecule has 0 unspecified atom stereocenters. The van der Waals surface area contributed by atoms with Gasteiger partial charge in [0.1, 0.15) is 5.82 Å². The molecule has 8 heteroatoms. The van der Waals surface area contributed by atoms with Gasteiger partial charge in [0, 0.05) is 11.8 Å². The SMILES string of the molecule is O=C(O)c1ccc(F)cc1-c1cnc(C(F)(F)F)s1. The average molecular weight is 291 g/mol. The lowest BCUT2D eigenvalue weighted by molar-refractivity contribution is -0.137. The van der Waals surface area contributed by atoms with Crippen molar-refractivity contribution in [2.45, 2.75) is 6.18 Å². The van der Waals surface area contributed by atoms with Gasteiger partial charge >= 0.3 is 12.1 Å². The number of aromatic nitrogens is 1. The van der Waals surface area contributed by atoms with Crippen molar-refractivity contribution in [3.63, 3.8) is 0 Å². The van der Waals surface area contributed by atoms with E-state index in [1.54, 1.807) is 0 Å². The second-order valence-electron chi connectivity index (χ2n) is 3.52. The van der Waals surface area contributed by atoms with Crippen LogP contribution >= 0.6 is 11.3 Å². The lowest BCUT2D eigenvalue weighted by Gasteiger charge is -2.03. The van der Waals surface area contributed by atoms with Crippen molar-refractivity contribution >= 4 is 17.3 Å². The maximum Gasteiger partial charge on any atom is 0.443 e. The fourth-order valence-electron chi connectivity index (χ4n) is 1.44. The Kier molecular flexibility index (Phi) is 3.27. The molecule has 0 aliphatic rings. The van der Waals surface area contributed by atoms with Gasteiger partial charge in [-0.25, -0.2) is 14.2 Å². The van der Waals surface area contributed by atoms with E-state index in [9.17, 15) is 22.4 Å². The van der Waals surface area contributed by atoms with Crippen LogP contribution in [-0.4, -0.2) is 16.1 Å². The molecule has 3 nitrogen and oxygen atoms in total. The van der Waals surface area contributed by atoms with Gasteiger partial charge in [-0.2, -0.15) is 13.2 Å². The number of thiazole rings is 1. The zero-order valence-corrected chi connectivity index (χ0v) is 9.85. The average Bonchev–Trinajstić information content (AvgIpc) is 2.77. The number of aromatic carboxylic acids is 1. The normalized spacial score (nSPS) is 11.6. The summed E-state index contributed by atoms with van der Waals surface area (Å²) in [7, 11) is 0. The number of benzene rings is 1. The molecule has 0 fully saturated rings. The molecular formula is C11H5F4NO2S. The number of carbonyl (C=O) groups is 1. The van der Waals surface area contributed by atoms with Crippen LogP contribution in [0.1, 0.15) is 15.4 Å². The monoisotopic (exact) mass is 291 g/mol. The fraction of sp³-hybridized carbons (Fsp3) is 0.0909. The molecule has 1 heterocycles. The predicted molar refractivity (Wildman–Crippen MR) is 59.5 cm³/mol. The summed E-state index contributed by atoms with van der Waals surface area (Å²) in [5, 5.41) is 7.82. The van der Waals surface area contributed by atoms with Gasteiger partial charge in [-0.15, -0.1) is 11.3 Å². The highest BCUT2D eigenvalue weighted by Gasteiger charge is 2.35. The van der Waals surface area contributed by atoms with Crippen LogP contribution < -0.4 is 0 Å². The predicted octanol–water partition coefficient (Wildman–Crippen LogP) is 3.67. The van der Waals surface area contributed by atoms with Crippen LogP contribution in [0.25, 0.3) is 10.4 Å². The number of rotatable bonds is 2. The summed E-state index contributed by atoms with van der Waals surface area (Å²) in [6.07, 6.45) is -3.73. The summed E-state index contributed by atoms with van der Waals surface area (Å²) in [4.78, 5) is 14.1. The second kappa shape index (κ2) is 4.61. The molecule has 0 saturated carbocycles. The Bertz CT molecular complexity index is 636. The second-order valence-corrected chi connectivity index (χ2v) is 4.55. The van der Waals surface area contributed by atoms with E-state index in [0.717, 1.165) is 24.4 Å². The van der Waals surface area contributed by atoms with Crippen molar-refractivity contribution < 1.29 is 27.5 Å². The third kappa shape index (κ3) is 2.73. The Morgan fingerprint density at radius 1 is 1.32 bits per heavy atom. The van der Waals surface area contributed by atoms with Gasteiger partial charge in [0.25, 0.3) is 0 Å². The summed E-state index contributed by atoms with van der Waals surface area (Å²) in [5.41, 5.74) is -0.403. The van der Waals surface area contributed by atoms with Crippen molar-refractivity contribution in [3.05, 3.63) is 40.8 Å². The number of carboxylic acids is 1. The molecule has 0 spiro atoms. The smallest absolute Gasteiger partial charge is 0.443 e. The van der Waals surface area contributed by atoms with Crippen LogP contribution in [0.5, 0.6) is 0 Å². The van der Waals surface area contributed by atoms with Crippen LogP contribution in [0.15, 0.2) is 24.4 Å². The van der Waals surface area contributed by atoms with Crippen LogP contribution in [0.3, 0.4) is 0 Å². The first-order chi connectivity index (χ1) is 8.79. The highest BCUT2D eigenvalue weighted by atomic mass is 32.1. The molecule has 0 amide bonds. The fourth-order valence-corrected chi connectivity index (χ4v) is 2.25. The minimum Gasteiger partial charge on any atom is -0.478 e. The van der Waals surface area contributed by atoms with E-state index in [1.807, 2.05) is 0 Å². The quantitative estimate of drug-likeness (QED) is 0.859. The Morgan fingerprint density at radius 2 is 2.00 bits per heavy atom. The zero-order chi connectivity index (χ0) is 14.2. The molecule has 0 aliphatic carbocycles. The van der Waals surface area contributed by atoms with E-state index in [0.29, 0.717) is 0 Å². The number of nitrogens with zero attached hydrogens (tertiary/aromatic N) is 1. The van der Waals surface area contributed by atoms with Gasteiger partial charge in [-0.05, 0) is 18.2 Å². The van der Waals surface area contributed by atoms with Gasteiger partial charge < -0.3 is 5.11 Å². The molecule has 0 bridgehead atoms. The molecule has 0 aliphatic heterocycles. The number of alkyl halides is 3. The topological polar surface area (TPSA) is 50.2 Å². The van der Waals surface area contributed by atoms with Crippen LogP contribution in [0.2, 0.25) is 0 Å². The van der Waals surface area contributed by atoms with Crippen LogP contribution in [-0.2, 0) is 6.18 Å². The van der Waals surface area contributed by atoms with Crippen molar-refractivity contribution in [2.75, 3.05) is 0 Å². The molecule has 1 aromatic carbocycles. The van der Waals surface area contributed by atoms with E-state index in [1.165, 1.54) is 0 Å². The van der Waals surface area contributed by atoms with Crippen molar-refractivity contribution in [1.29, 1.82) is 0 Å². The van der Waals surface area contributed by atoms with Crippen LogP contribution in [0.4, 0.5) is 17.6 Å². The lowest BCUT2D eigenvalue weighted by atomic mass is 10.1. The first-order valence-electron chi connectivity index (χ1n) is 4.85. The third-order valence-electron chi connectivity index (χ3n) is 2.23. The molecular weight excluding hydrogens is 286 g/mol. The first kappa shape index (κ1) is 13.5. The maximum absolute atomic E-state index is 13.1. The van der Waals surface area contributed by atoms with Gasteiger partial charge in [0.2, 0.25) is 0 Å². The summed E-state index contributed by atoms with van der Waals surface area (Å²) in [5.74, 6) is -2.08. The Balaban J connectivity index is 2.55. The number of carboxylic acid groups (broad SMARTS) is 1. The summed E-state index contributed by atoms with van der Waals surface area (Å²) < 4.78 is 50.3. The van der Waals surface area contributed by atoms with Crippen molar-refractivity contribution in [2.24, 2.45) is 0 Å². The Hall–Kier alpha value is -1.96. The summed E-state index contributed by atoms with van der Waals surface area (Å²) >= 11 is 0.267. The first-order valence-corrected chi connectivity index (χ1v) is 5.67. The molecule has 19 heavy (non-hydrogen) atoms. The van der Waals surface area contributed by atoms with Gasteiger partial charge in [-0.3, -0.25) is 0 Å². The highest BCUT2D eigenvalue weighted by Crippen LogP contribution is 2.37. The Labute approximate surface area is 108 Å². The molecule has 1 aromatic heterocycles. The number of halogens is 4. The minimum absolute atomic E-state index is 0.0516. The maximum atomic E-state index is 13.1. The molecule has 2 aromatic rings. The van der Waals surface area contributed by atoms with Gasteiger partial charge in [0.05, 0.1) is 10.4 Å². The molecule has 0 atom stereocenters. The van der Waals surface area contributed by atoms with Crippen LogP contribution in [0, 0.1) is 5.82 Å². The van der Waals surface area contributed by atoms with Crippen molar-refractivity contribution in [3.8, 4) is 10.4 Å². The summed E-state index contributed by atoms with van der Waals surface area (Å²) in [6.45, 7) is 0. The zero-order valence-electron chi connectivity index (χ0n) is 9.03. The molecule has 2 rings (SSSR count). The lowest BCUT2D eigenvalue weighted by Crippen LogP contribution is -2.02.